The fourth-order valence-corrected chi connectivity index (χ4v) is 2.39. The van der Waals surface area contributed by atoms with Gasteiger partial charge < -0.3 is 5.11 Å². The van der Waals surface area contributed by atoms with E-state index in [9.17, 15) is 9.90 Å². The Labute approximate surface area is 116 Å². The number of nitrogens with zero attached hydrogens (tertiary/aromatic N) is 2. The summed E-state index contributed by atoms with van der Waals surface area (Å²) in [6.07, 6.45) is 0. The Morgan fingerprint density at radius 1 is 1.20 bits per heavy atom. The first-order valence-corrected chi connectivity index (χ1v) is 6.39. The number of rotatable bonds is 3. The number of para-hydroxylation sites is 1. The predicted molar refractivity (Wildman–Crippen MR) is 77.0 cm³/mol. The highest BCUT2D eigenvalue weighted by Gasteiger charge is 2.15. The van der Waals surface area contributed by atoms with E-state index in [1.807, 2.05) is 43.3 Å². The molecule has 3 aromatic rings. The van der Waals surface area contributed by atoms with Crippen molar-refractivity contribution in [3.8, 4) is 0 Å². The molecule has 0 spiro atoms. The largest absolute Gasteiger partial charge is 0.476 e. The molecule has 0 fully saturated rings. The van der Waals surface area contributed by atoms with E-state index in [0.717, 1.165) is 11.1 Å². The molecule has 0 unspecified atom stereocenters. The van der Waals surface area contributed by atoms with Crippen LogP contribution in [0.4, 0.5) is 0 Å². The summed E-state index contributed by atoms with van der Waals surface area (Å²) in [7, 11) is 0. The third-order valence-electron chi connectivity index (χ3n) is 3.28. The fraction of sp³-hybridized carbons (Fsp3) is 0.125. The number of carbonyl (C=O) groups is 1. The van der Waals surface area contributed by atoms with Crippen molar-refractivity contribution in [3.05, 3.63) is 65.4 Å². The Kier molecular flexibility index (Phi) is 2.99. The van der Waals surface area contributed by atoms with Gasteiger partial charge in [-0.15, -0.1) is 0 Å². The Balaban J connectivity index is 2.10. The van der Waals surface area contributed by atoms with Crippen molar-refractivity contribution in [2.45, 2.75) is 13.5 Å². The number of aryl methyl sites for hydroxylation is 1. The van der Waals surface area contributed by atoms with E-state index in [2.05, 4.69) is 11.2 Å². The van der Waals surface area contributed by atoms with Crippen LogP contribution in [-0.4, -0.2) is 20.9 Å². The third kappa shape index (κ3) is 2.16. The molecule has 2 aromatic carbocycles. The molecule has 0 atom stereocenters. The third-order valence-corrected chi connectivity index (χ3v) is 3.28. The van der Waals surface area contributed by atoms with Gasteiger partial charge in [0, 0.05) is 5.39 Å². The monoisotopic (exact) mass is 266 g/mol. The summed E-state index contributed by atoms with van der Waals surface area (Å²) >= 11 is 0. The lowest BCUT2D eigenvalue weighted by atomic mass is 10.1. The molecule has 3 rings (SSSR count). The number of fused-ring (bicyclic) bond motifs is 1. The van der Waals surface area contributed by atoms with E-state index in [0.29, 0.717) is 11.9 Å². The van der Waals surface area contributed by atoms with Crippen LogP contribution >= 0.6 is 0 Å². The molecule has 1 N–H and O–H groups in total. The van der Waals surface area contributed by atoms with Gasteiger partial charge in [0.05, 0.1) is 12.1 Å². The van der Waals surface area contributed by atoms with E-state index in [-0.39, 0.29) is 5.69 Å². The van der Waals surface area contributed by atoms with Crippen LogP contribution in [0.15, 0.2) is 48.5 Å². The molecule has 20 heavy (non-hydrogen) atoms. The smallest absolute Gasteiger partial charge is 0.357 e. The van der Waals surface area contributed by atoms with Gasteiger partial charge in [0.25, 0.3) is 0 Å². The van der Waals surface area contributed by atoms with Gasteiger partial charge in [0.15, 0.2) is 5.69 Å². The minimum absolute atomic E-state index is 0.105. The van der Waals surface area contributed by atoms with Crippen molar-refractivity contribution in [2.24, 2.45) is 0 Å². The highest BCUT2D eigenvalue weighted by Crippen LogP contribution is 2.19. The summed E-state index contributed by atoms with van der Waals surface area (Å²) in [5.41, 5.74) is 3.23. The van der Waals surface area contributed by atoms with Crippen LogP contribution in [0, 0.1) is 6.92 Å². The van der Waals surface area contributed by atoms with Gasteiger partial charge in [-0.1, -0.05) is 48.0 Å². The molecule has 4 nitrogen and oxygen atoms in total. The van der Waals surface area contributed by atoms with E-state index in [4.69, 9.17) is 0 Å². The molecular formula is C16H14N2O2. The number of benzene rings is 2. The second-order valence-corrected chi connectivity index (χ2v) is 4.82. The normalized spacial score (nSPS) is 10.8. The van der Waals surface area contributed by atoms with Gasteiger partial charge in [-0.3, -0.25) is 4.68 Å². The average Bonchev–Trinajstić information content (AvgIpc) is 2.78. The minimum atomic E-state index is -0.996. The summed E-state index contributed by atoms with van der Waals surface area (Å²) in [5.74, 6) is -0.996. The summed E-state index contributed by atoms with van der Waals surface area (Å²) in [6, 6.07) is 15.5. The van der Waals surface area contributed by atoms with Crippen molar-refractivity contribution >= 4 is 16.9 Å². The van der Waals surface area contributed by atoms with Gasteiger partial charge in [-0.2, -0.15) is 5.10 Å². The molecular weight excluding hydrogens is 252 g/mol. The Hall–Kier alpha value is -2.62. The molecule has 0 amide bonds. The maximum Gasteiger partial charge on any atom is 0.357 e. The zero-order chi connectivity index (χ0) is 14.1. The highest BCUT2D eigenvalue weighted by atomic mass is 16.4. The first kappa shape index (κ1) is 12.4. The zero-order valence-corrected chi connectivity index (χ0v) is 11.1. The number of hydrogen-bond donors (Lipinski definition) is 1. The van der Waals surface area contributed by atoms with Crippen molar-refractivity contribution in [3.63, 3.8) is 0 Å². The number of hydrogen-bond acceptors (Lipinski definition) is 2. The lowest BCUT2D eigenvalue weighted by molar-refractivity contribution is 0.0691. The summed E-state index contributed by atoms with van der Waals surface area (Å²) in [4.78, 5) is 11.3. The summed E-state index contributed by atoms with van der Waals surface area (Å²) in [5, 5.41) is 14.1. The first-order chi connectivity index (χ1) is 9.65. The quantitative estimate of drug-likeness (QED) is 0.792. The van der Waals surface area contributed by atoms with Gasteiger partial charge in [0.1, 0.15) is 0 Å². The number of aromatic nitrogens is 2. The van der Waals surface area contributed by atoms with Crippen LogP contribution in [-0.2, 0) is 6.54 Å². The highest BCUT2D eigenvalue weighted by molar-refractivity contribution is 6.01. The van der Waals surface area contributed by atoms with Crippen LogP contribution in [0.3, 0.4) is 0 Å². The molecule has 0 aliphatic heterocycles. The molecule has 0 saturated heterocycles. The van der Waals surface area contributed by atoms with Crippen molar-refractivity contribution in [2.75, 3.05) is 0 Å². The lowest BCUT2D eigenvalue weighted by Crippen LogP contribution is -2.04. The number of aromatic carboxylic acids is 1. The molecule has 1 aromatic heterocycles. The van der Waals surface area contributed by atoms with Gasteiger partial charge >= 0.3 is 5.97 Å². The molecule has 0 aliphatic rings. The number of carboxylic acid groups (broad SMARTS) is 1. The maximum absolute atomic E-state index is 11.3. The summed E-state index contributed by atoms with van der Waals surface area (Å²) < 4.78 is 1.74. The standard InChI is InChI=1S/C16H14N2O2/c1-11-5-4-6-12(9-11)10-18-14-8-3-2-7-13(14)15(17-18)16(19)20/h2-9H,10H2,1H3,(H,19,20). The molecule has 0 radical (unpaired) electrons. The molecule has 100 valence electrons. The molecule has 1 heterocycles. The SMILES string of the molecule is Cc1cccc(Cn2nc(C(=O)O)c3ccccc32)c1. The van der Waals surface area contributed by atoms with Crippen molar-refractivity contribution in [1.29, 1.82) is 0 Å². The Morgan fingerprint density at radius 3 is 2.75 bits per heavy atom. The topological polar surface area (TPSA) is 55.1 Å². The fourth-order valence-electron chi connectivity index (χ4n) is 2.39. The molecule has 4 heteroatoms. The van der Waals surface area contributed by atoms with E-state index < -0.39 is 5.97 Å². The first-order valence-electron chi connectivity index (χ1n) is 6.39. The molecule has 0 saturated carbocycles. The second kappa shape index (κ2) is 4.81. The Morgan fingerprint density at radius 2 is 2.00 bits per heavy atom. The summed E-state index contributed by atoms with van der Waals surface area (Å²) in [6.45, 7) is 2.60. The maximum atomic E-state index is 11.3. The van der Waals surface area contributed by atoms with E-state index in [1.54, 1.807) is 10.7 Å². The number of carboxylic acids is 1. The van der Waals surface area contributed by atoms with E-state index in [1.165, 1.54) is 5.56 Å². The van der Waals surface area contributed by atoms with Crippen molar-refractivity contribution in [1.82, 2.24) is 9.78 Å². The predicted octanol–water partition coefficient (Wildman–Crippen LogP) is 3.09. The lowest BCUT2D eigenvalue weighted by Gasteiger charge is -2.04. The van der Waals surface area contributed by atoms with Gasteiger partial charge in [-0.25, -0.2) is 4.79 Å². The average molecular weight is 266 g/mol. The molecule has 0 aliphatic carbocycles. The van der Waals surface area contributed by atoms with Crippen LogP contribution in [0.1, 0.15) is 21.6 Å². The van der Waals surface area contributed by atoms with Crippen LogP contribution < -0.4 is 0 Å². The zero-order valence-electron chi connectivity index (χ0n) is 11.1. The Bertz CT molecular complexity index is 790. The molecule has 0 bridgehead atoms. The minimum Gasteiger partial charge on any atom is -0.476 e. The van der Waals surface area contributed by atoms with E-state index >= 15 is 0 Å². The van der Waals surface area contributed by atoms with Crippen LogP contribution in [0.5, 0.6) is 0 Å². The van der Waals surface area contributed by atoms with Crippen molar-refractivity contribution < 1.29 is 9.90 Å². The van der Waals surface area contributed by atoms with Crippen LogP contribution in [0.25, 0.3) is 10.9 Å². The van der Waals surface area contributed by atoms with Crippen LogP contribution in [0.2, 0.25) is 0 Å². The van der Waals surface area contributed by atoms with Gasteiger partial charge in [-0.05, 0) is 18.6 Å². The second-order valence-electron chi connectivity index (χ2n) is 4.82. The van der Waals surface area contributed by atoms with Gasteiger partial charge in [0.2, 0.25) is 0 Å².